The second kappa shape index (κ2) is 8.18. The first-order valence-electron chi connectivity index (χ1n) is 7.65. The maximum absolute atomic E-state index is 12.4. The summed E-state index contributed by atoms with van der Waals surface area (Å²) in [6.45, 7) is 8.37. The average molecular weight is 348 g/mol. The molecular formula is C17H24N4O4. The van der Waals surface area contributed by atoms with Gasteiger partial charge in [-0.1, -0.05) is 32.6 Å². The summed E-state index contributed by atoms with van der Waals surface area (Å²) in [4.78, 5) is 35.5. The van der Waals surface area contributed by atoms with Crippen LogP contribution in [0.4, 0.5) is 10.5 Å². The maximum Gasteiger partial charge on any atom is 0.408 e. The van der Waals surface area contributed by atoms with Crippen LogP contribution in [0.3, 0.4) is 0 Å². The number of hydrogen-bond acceptors (Lipinski definition) is 5. The number of anilines is 1. The van der Waals surface area contributed by atoms with Crippen LogP contribution in [0.15, 0.2) is 36.5 Å². The summed E-state index contributed by atoms with van der Waals surface area (Å²) in [5.41, 5.74) is 10.4. The number of nitrogen functional groups attached to an aromatic ring is 1. The fourth-order valence-electron chi connectivity index (χ4n) is 1.87. The molecule has 1 atom stereocenters. The van der Waals surface area contributed by atoms with Crippen molar-refractivity contribution in [3.8, 4) is 0 Å². The van der Waals surface area contributed by atoms with E-state index >= 15 is 0 Å². The van der Waals surface area contributed by atoms with Crippen LogP contribution >= 0.6 is 0 Å². The van der Waals surface area contributed by atoms with E-state index in [0.29, 0.717) is 11.3 Å². The zero-order chi connectivity index (χ0) is 19.2. The molecule has 0 aromatic heterocycles. The monoisotopic (exact) mass is 348 g/mol. The first-order chi connectivity index (χ1) is 11.6. The van der Waals surface area contributed by atoms with Crippen LogP contribution in [0.5, 0.6) is 0 Å². The molecule has 8 heteroatoms. The van der Waals surface area contributed by atoms with Gasteiger partial charge in [0.25, 0.3) is 5.91 Å². The summed E-state index contributed by atoms with van der Waals surface area (Å²) in [6.07, 6.45) is -0.779. The van der Waals surface area contributed by atoms with Crippen molar-refractivity contribution in [3.05, 3.63) is 42.1 Å². The molecule has 0 spiro atoms. The van der Waals surface area contributed by atoms with E-state index in [1.165, 1.54) is 6.92 Å². The van der Waals surface area contributed by atoms with Crippen LogP contribution in [0.1, 0.15) is 26.3 Å². The lowest BCUT2D eigenvalue weighted by Gasteiger charge is -2.32. The van der Waals surface area contributed by atoms with Crippen LogP contribution < -0.4 is 22.1 Å². The minimum atomic E-state index is -1.33. The van der Waals surface area contributed by atoms with Gasteiger partial charge in [-0.15, -0.1) is 0 Å². The number of rotatable bonds is 7. The van der Waals surface area contributed by atoms with Crippen molar-refractivity contribution in [2.75, 3.05) is 5.73 Å². The SMILES string of the molecule is C=C(NC(=O)[C@@](C)(NC(=O)OCc1cccc(N)c1)C(C)C)C(N)=O. The van der Waals surface area contributed by atoms with Gasteiger partial charge >= 0.3 is 6.09 Å². The lowest BCUT2D eigenvalue weighted by atomic mass is 9.87. The van der Waals surface area contributed by atoms with Crippen molar-refractivity contribution < 1.29 is 19.1 Å². The van der Waals surface area contributed by atoms with E-state index in [1.807, 2.05) is 0 Å². The van der Waals surface area contributed by atoms with E-state index in [4.69, 9.17) is 16.2 Å². The normalized spacial score (nSPS) is 12.8. The molecule has 0 heterocycles. The summed E-state index contributed by atoms with van der Waals surface area (Å²) in [6, 6.07) is 6.90. The number of carbonyl (C=O) groups excluding carboxylic acids is 3. The van der Waals surface area contributed by atoms with Gasteiger partial charge in [-0.3, -0.25) is 9.59 Å². The molecule has 1 aromatic carbocycles. The van der Waals surface area contributed by atoms with Gasteiger partial charge in [-0.2, -0.15) is 0 Å². The van der Waals surface area contributed by atoms with Gasteiger partial charge in [0.05, 0.1) is 5.70 Å². The number of hydrogen-bond donors (Lipinski definition) is 4. The predicted octanol–water partition coefficient (Wildman–Crippen LogP) is 1.02. The number of carbonyl (C=O) groups is 3. The van der Waals surface area contributed by atoms with Crippen LogP contribution in [-0.2, 0) is 20.9 Å². The van der Waals surface area contributed by atoms with Crippen molar-refractivity contribution in [2.24, 2.45) is 11.7 Å². The molecule has 0 saturated carbocycles. The molecule has 8 nitrogen and oxygen atoms in total. The summed E-state index contributed by atoms with van der Waals surface area (Å²) < 4.78 is 5.13. The Morgan fingerprint density at radius 3 is 2.48 bits per heavy atom. The molecular weight excluding hydrogens is 324 g/mol. The molecule has 136 valence electrons. The molecule has 1 rings (SSSR count). The lowest BCUT2D eigenvalue weighted by Crippen LogP contribution is -2.60. The van der Waals surface area contributed by atoms with Crippen molar-refractivity contribution in [1.82, 2.24) is 10.6 Å². The largest absolute Gasteiger partial charge is 0.445 e. The Labute approximate surface area is 146 Å². The molecule has 3 amide bonds. The first-order valence-corrected chi connectivity index (χ1v) is 7.65. The Morgan fingerprint density at radius 1 is 1.32 bits per heavy atom. The van der Waals surface area contributed by atoms with E-state index < -0.39 is 23.4 Å². The minimum Gasteiger partial charge on any atom is -0.445 e. The van der Waals surface area contributed by atoms with Crippen LogP contribution in [-0.4, -0.2) is 23.4 Å². The number of amides is 3. The smallest absolute Gasteiger partial charge is 0.408 e. The van der Waals surface area contributed by atoms with E-state index in [2.05, 4.69) is 17.2 Å². The second-order valence-corrected chi connectivity index (χ2v) is 6.10. The highest BCUT2D eigenvalue weighted by Gasteiger charge is 2.39. The number of alkyl carbamates (subject to hydrolysis) is 1. The van der Waals surface area contributed by atoms with Gasteiger partial charge < -0.3 is 26.8 Å². The quantitative estimate of drug-likeness (QED) is 0.431. The van der Waals surface area contributed by atoms with Crippen molar-refractivity contribution >= 4 is 23.6 Å². The fourth-order valence-corrected chi connectivity index (χ4v) is 1.87. The highest BCUT2D eigenvalue weighted by Crippen LogP contribution is 2.18. The molecule has 0 unspecified atom stereocenters. The van der Waals surface area contributed by atoms with Crippen molar-refractivity contribution in [2.45, 2.75) is 32.9 Å². The number of nitrogens with two attached hydrogens (primary N) is 2. The molecule has 1 aromatic rings. The average Bonchev–Trinajstić information content (AvgIpc) is 2.52. The molecule has 0 bridgehead atoms. The van der Waals surface area contributed by atoms with E-state index in [0.717, 1.165) is 0 Å². The minimum absolute atomic E-state index is 0.000657. The van der Waals surface area contributed by atoms with E-state index in [1.54, 1.807) is 38.1 Å². The Kier molecular flexibility index (Phi) is 6.55. The maximum atomic E-state index is 12.4. The Balaban J connectivity index is 2.75. The van der Waals surface area contributed by atoms with Crippen LogP contribution in [0.25, 0.3) is 0 Å². The Hall–Kier alpha value is -3.03. The summed E-state index contributed by atoms with van der Waals surface area (Å²) in [5.74, 6) is -1.77. The number of ether oxygens (including phenoxy) is 1. The van der Waals surface area contributed by atoms with Crippen molar-refractivity contribution in [3.63, 3.8) is 0 Å². The van der Waals surface area contributed by atoms with Gasteiger partial charge in [0.15, 0.2) is 0 Å². The van der Waals surface area contributed by atoms with Gasteiger partial charge in [-0.25, -0.2) is 4.79 Å². The van der Waals surface area contributed by atoms with Gasteiger partial charge in [0.1, 0.15) is 12.1 Å². The molecule has 0 saturated heterocycles. The molecule has 6 N–H and O–H groups in total. The van der Waals surface area contributed by atoms with Gasteiger partial charge in [0.2, 0.25) is 5.91 Å². The molecule has 0 radical (unpaired) electrons. The zero-order valence-electron chi connectivity index (χ0n) is 14.6. The zero-order valence-corrected chi connectivity index (χ0v) is 14.6. The third-order valence-corrected chi connectivity index (χ3v) is 3.87. The summed E-state index contributed by atoms with van der Waals surface area (Å²) >= 11 is 0. The van der Waals surface area contributed by atoms with E-state index in [-0.39, 0.29) is 18.2 Å². The topological polar surface area (TPSA) is 137 Å². The highest BCUT2D eigenvalue weighted by molar-refractivity contribution is 5.99. The standard InChI is InChI=1S/C17H24N4O4/c1-10(2)17(4,15(23)20-11(3)14(19)22)21-16(24)25-9-12-6-5-7-13(18)8-12/h5-8,10H,3,9,18H2,1-2,4H3,(H2,19,22)(H,20,23)(H,21,24)/t17-/m0/s1. The second-order valence-electron chi connectivity index (χ2n) is 6.10. The third-order valence-electron chi connectivity index (χ3n) is 3.87. The van der Waals surface area contributed by atoms with Crippen molar-refractivity contribution in [1.29, 1.82) is 0 Å². The molecule has 25 heavy (non-hydrogen) atoms. The van der Waals surface area contributed by atoms with Crippen LogP contribution in [0.2, 0.25) is 0 Å². The van der Waals surface area contributed by atoms with E-state index in [9.17, 15) is 14.4 Å². The third kappa shape index (κ3) is 5.52. The fraction of sp³-hybridized carbons (Fsp3) is 0.353. The molecule has 0 aliphatic heterocycles. The Morgan fingerprint density at radius 2 is 1.96 bits per heavy atom. The molecule has 0 aliphatic carbocycles. The lowest BCUT2D eigenvalue weighted by molar-refractivity contribution is -0.129. The summed E-state index contributed by atoms with van der Waals surface area (Å²) in [5, 5.41) is 4.82. The summed E-state index contributed by atoms with van der Waals surface area (Å²) in [7, 11) is 0. The molecule has 0 aliphatic rings. The highest BCUT2D eigenvalue weighted by atomic mass is 16.5. The molecule has 0 fully saturated rings. The number of primary amides is 1. The number of nitrogens with one attached hydrogen (secondary N) is 2. The van der Waals surface area contributed by atoms with Gasteiger partial charge in [-0.05, 0) is 30.5 Å². The Bertz CT molecular complexity index is 687. The van der Waals surface area contributed by atoms with Crippen LogP contribution in [0, 0.1) is 5.92 Å². The van der Waals surface area contributed by atoms with Gasteiger partial charge in [0, 0.05) is 5.69 Å². The predicted molar refractivity (Wildman–Crippen MR) is 93.9 cm³/mol. The first kappa shape index (κ1) is 20.0. The number of benzene rings is 1.